The highest BCUT2D eigenvalue weighted by molar-refractivity contribution is 8.22. The van der Waals surface area contributed by atoms with Crippen molar-refractivity contribution in [1.29, 1.82) is 0 Å². The van der Waals surface area contributed by atoms with Crippen molar-refractivity contribution in [2.24, 2.45) is 0 Å². The van der Waals surface area contributed by atoms with Crippen LogP contribution in [0.1, 0.15) is 32.6 Å². The first kappa shape index (κ1) is 13.5. The first-order valence-electron chi connectivity index (χ1n) is 5.44. The van der Waals surface area contributed by atoms with Gasteiger partial charge in [-0.1, -0.05) is 31.2 Å². The van der Waals surface area contributed by atoms with E-state index in [0.717, 1.165) is 12.2 Å². The maximum atomic E-state index is 11.5. The van der Waals surface area contributed by atoms with E-state index < -0.39 is 0 Å². The maximum Gasteiger partial charge on any atom is 0.192 e. The summed E-state index contributed by atoms with van der Waals surface area (Å²) < 4.78 is 1.35. The standard InChI is InChI=1S/C11H18OS3/c1-2-3-7-13-10(12)5-6-11-14-8-4-9-15-11/h6H,2-5,7-9H2,1H3. The summed E-state index contributed by atoms with van der Waals surface area (Å²) in [6.45, 7) is 2.16. The molecule has 0 atom stereocenters. The molecular weight excluding hydrogens is 244 g/mol. The first-order valence-corrected chi connectivity index (χ1v) is 8.40. The van der Waals surface area contributed by atoms with Crippen molar-refractivity contribution in [2.75, 3.05) is 17.3 Å². The highest BCUT2D eigenvalue weighted by atomic mass is 32.2. The van der Waals surface area contributed by atoms with Crippen LogP contribution in [0.3, 0.4) is 0 Å². The summed E-state index contributed by atoms with van der Waals surface area (Å²) in [6, 6.07) is 0. The van der Waals surface area contributed by atoms with Gasteiger partial charge in [-0.05, 0) is 24.3 Å². The molecule has 0 aromatic rings. The first-order chi connectivity index (χ1) is 7.33. The lowest BCUT2D eigenvalue weighted by molar-refractivity contribution is -0.110. The molecule has 0 aliphatic carbocycles. The van der Waals surface area contributed by atoms with E-state index in [-0.39, 0.29) is 0 Å². The number of thioether (sulfide) groups is 3. The predicted octanol–water partition coefficient (Wildman–Crippen LogP) is 4.15. The van der Waals surface area contributed by atoms with E-state index in [1.807, 2.05) is 23.5 Å². The van der Waals surface area contributed by atoms with Gasteiger partial charge in [0, 0.05) is 16.4 Å². The summed E-state index contributed by atoms with van der Waals surface area (Å²) in [5.74, 6) is 3.42. The Bertz CT molecular complexity index is 218. The van der Waals surface area contributed by atoms with Gasteiger partial charge in [-0.25, -0.2) is 0 Å². The third-order valence-electron chi connectivity index (χ3n) is 1.97. The summed E-state index contributed by atoms with van der Waals surface area (Å²) >= 11 is 5.28. The third-order valence-corrected chi connectivity index (χ3v) is 5.55. The van der Waals surface area contributed by atoms with Gasteiger partial charge in [-0.3, -0.25) is 4.79 Å². The Morgan fingerprint density at radius 3 is 2.87 bits per heavy atom. The van der Waals surface area contributed by atoms with Gasteiger partial charge in [0.15, 0.2) is 5.12 Å². The average molecular weight is 262 g/mol. The summed E-state index contributed by atoms with van der Waals surface area (Å²) in [5.41, 5.74) is 0. The largest absolute Gasteiger partial charge is 0.287 e. The Balaban J connectivity index is 2.14. The molecule has 4 heteroatoms. The topological polar surface area (TPSA) is 17.1 Å². The van der Waals surface area contributed by atoms with Crippen LogP contribution in [-0.4, -0.2) is 22.4 Å². The summed E-state index contributed by atoms with van der Waals surface area (Å²) in [6.07, 6.45) is 6.34. The summed E-state index contributed by atoms with van der Waals surface area (Å²) in [7, 11) is 0. The van der Waals surface area contributed by atoms with E-state index in [4.69, 9.17) is 0 Å². The number of hydrogen-bond acceptors (Lipinski definition) is 4. The normalized spacial score (nSPS) is 16.5. The van der Waals surface area contributed by atoms with Crippen LogP contribution in [0.15, 0.2) is 10.3 Å². The molecule has 86 valence electrons. The molecule has 15 heavy (non-hydrogen) atoms. The van der Waals surface area contributed by atoms with Gasteiger partial charge in [0.1, 0.15) is 0 Å². The fourth-order valence-electron chi connectivity index (χ4n) is 1.12. The Morgan fingerprint density at radius 1 is 1.47 bits per heavy atom. The highest BCUT2D eigenvalue weighted by Gasteiger charge is 2.07. The van der Waals surface area contributed by atoms with Crippen LogP contribution < -0.4 is 0 Å². The van der Waals surface area contributed by atoms with Crippen molar-refractivity contribution in [3.63, 3.8) is 0 Å². The minimum Gasteiger partial charge on any atom is -0.287 e. The molecule has 0 spiro atoms. The molecule has 0 radical (unpaired) electrons. The minimum atomic E-state index is 0.322. The summed E-state index contributed by atoms with van der Waals surface area (Å²) in [4.78, 5) is 11.5. The molecule has 0 saturated carbocycles. The van der Waals surface area contributed by atoms with Crippen molar-refractivity contribution >= 4 is 40.4 Å². The van der Waals surface area contributed by atoms with Gasteiger partial charge < -0.3 is 0 Å². The van der Waals surface area contributed by atoms with Crippen molar-refractivity contribution in [2.45, 2.75) is 32.6 Å². The van der Waals surface area contributed by atoms with Gasteiger partial charge in [-0.15, -0.1) is 23.5 Å². The highest BCUT2D eigenvalue weighted by Crippen LogP contribution is 2.34. The second-order valence-electron chi connectivity index (χ2n) is 3.35. The molecule has 0 aromatic heterocycles. The van der Waals surface area contributed by atoms with Gasteiger partial charge in [0.05, 0.1) is 0 Å². The van der Waals surface area contributed by atoms with Crippen molar-refractivity contribution in [1.82, 2.24) is 0 Å². The Morgan fingerprint density at radius 2 is 2.20 bits per heavy atom. The van der Waals surface area contributed by atoms with Crippen molar-refractivity contribution in [3.8, 4) is 0 Å². The molecule has 1 heterocycles. The van der Waals surface area contributed by atoms with Crippen LogP contribution in [0, 0.1) is 0 Å². The monoisotopic (exact) mass is 262 g/mol. The third kappa shape index (κ3) is 6.59. The quantitative estimate of drug-likeness (QED) is 0.692. The molecule has 1 rings (SSSR count). The lowest BCUT2D eigenvalue weighted by atomic mass is 10.4. The number of carbonyl (C=O) groups is 1. The number of carbonyl (C=O) groups excluding carboxylic acids is 1. The molecule has 1 nitrogen and oxygen atoms in total. The Hall–Kier alpha value is 0.460. The van der Waals surface area contributed by atoms with E-state index in [1.165, 1.54) is 40.3 Å². The maximum absolute atomic E-state index is 11.5. The van der Waals surface area contributed by atoms with E-state index >= 15 is 0 Å². The van der Waals surface area contributed by atoms with E-state index in [0.29, 0.717) is 11.5 Å². The molecule has 0 N–H and O–H groups in total. The van der Waals surface area contributed by atoms with E-state index in [2.05, 4.69) is 13.0 Å². The molecule has 1 aliphatic heterocycles. The van der Waals surface area contributed by atoms with Crippen LogP contribution in [-0.2, 0) is 4.79 Å². The van der Waals surface area contributed by atoms with Crippen LogP contribution in [0.5, 0.6) is 0 Å². The smallest absolute Gasteiger partial charge is 0.192 e. The fraction of sp³-hybridized carbons (Fsp3) is 0.727. The van der Waals surface area contributed by atoms with E-state index in [1.54, 1.807) is 0 Å². The van der Waals surface area contributed by atoms with Gasteiger partial charge >= 0.3 is 0 Å². The van der Waals surface area contributed by atoms with Gasteiger partial charge in [0.25, 0.3) is 0 Å². The minimum absolute atomic E-state index is 0.322. The SMILES string of the molecule is CCCCSC(=O)CC=C1SCCCS1. The van der Waals surface area contributed by atoms with Crippen molar-refractivity contribution in [3.05, 3.63) is 10.3 Å². The predicted molar refractivity (Wildman–Crippen MR) is 74.6 cm³/mol. The molecule has 1 aliphatic rings. The van der Waals surface area contributed by atoms with Crippen LogP contribution in [0.2, 0.25) is 0 Å². The molecule has 0 unspecified atom stereocenters. The Kier molecular flexibility index (Phi) is 7.75. The van der Waals surface area contributed by atoms with Crippen LogP contribution >= 0.6 is 35.3 Å². The van der Waals surface area contributed by atoms with Crippen LogP contribution in [0.25, 0.3) is 0 Å². The lowest BCUT2D eigenvalue weighted by Gasteiger charge is -2.11. The zero-order chi connectivity index (χ0) is 10.9. The Labute approximate surface area is 105 Å². The zero-order valence-electron chi connectivity index (χ0n) is 9.16. The number of hydrogen-bond donors (Lipinski definition) is 0. The summed E-state index contributed by atoms with van der Waals surface area (Å²) in [5, 5.41) is 0.322. The lowest BCUT2D eigenvalue weighted by Crippen LogP contribution is -1.94. The molecule has 0 aromatic carbocycles. The molecule has 0 bridgehead atoms. The van der Waals surface area contributed by atoms with Crippen molar-refractivity contribution < 1.29 is 4.79 Å². The molecular formula is C11H18OS3. The number of allylic oxidation sites excluding steroid dienone is 1. The van der Waals surface area contributed by atoms with Gasteiger partial charge in [-0.2, -0.15) is 0 Å². The number of unbranched alkanes of at least 4 members (excludes halogenated alkanes) is 1. The number of rotatable bonds is 5. The molecule has 1 saturated heterocycles. The van der Waals surface area contributed by atoms with E-state index in [9.17, 15) is 4.79 Å². The zero-order valence-corrected chi connectivity index (χ0v) is 11.6. The second-order valence-corrected chi connectivity index (χ2v) is 7.04. The second kappa shape index (κ2) is 8.59. The molecule has 0 amide bonds. The van der Waals surface area contributed by atoms with Crippen LogP contribution in [0.4, 0.5) is 0 Å². The average Bonchev–Trinajstić information content (AvgIpc) is 2.28. The molecule has 1 fully saturated rings. The van der Waals surface area contributed by atoms with Gasteiger partial charge in [0.2, 0.25) is 0 Å². The fourth-order valence-corrected chi connectivity index (χ4v) is 4.38.